The molecule has 0 atom stereocenters. The summed E-state index contributed by atoms with van der Waals surface area (Å²) >= 11 is 4.87. The lowest BCUT2D eigenvalue weighted by Crippen LogP contribution is -2.22. The van der Waals surface area contributed by atoms with Gasteiger partial charge in [0.15, 0.2) is 0 Å². The molecule has 0 aliphatic rings. The summed E-state index contributed by atoms with van der Waals surface area (Å²) in [6.07, 6.45) is 0. The van der Waals surface area contributed by atoms with E-state index in [1.807, 2.05) is 0 Å². The summed E-state index contributed by atoms with van der Waals surface area (Å²) in [6, 6.07) is 6.86. The van der Waals surface area contributed by atoms with Gasteiger partial charge in [-0.15, -0.1) is 11.3 Å². The fraction of sp³-hybridized carbons (Fsp3) is 0.214. The zero-order valence-electron chi connectivity index (χ0n) is 10.7. The van der Waals surface area contributed by atoms with E-state index < -0.39 is 0 Å². The first-order valence-corrected chi connectivity index (χ1v) is 7.41. The van der Waals surface area contributed by atoms with Crippen molar-refractivity contribution >= 4 is 33.2 Å². The molecule has 2 aromatic rings. The zero-order chi connectivity index (χ0) is 14.0. The molecule has 0 unspecified atom stereocenters. The molecule has 0 aliphatic heterocycles. The highest BCUT2D eigenvalue weighted by Gasteiger charge is 2.09. The highest BCUT2D eigenvalue weighted by atomic mass is 79.9. The molecule has 0 spiro atoms. The van der Waals surface area contributed by atoms with Crippen molar-refractivity contribution in [3.63, 3.8) is 0 Å². The Bertz CT molecular complexity index is 602. The number of carbonyl (C=O) groups excluding carboxylic acids is 1. The van der Waals surface area contributed by atoms with Gasteiger partial charge in [-0.3, -0.25) is 4.79 Å². The maximum atomic E-state index is 11.9. The van der Waals surface area contributed by atoms with E-state index in [2.05, 4.69) is 41.2 Å². The van der Waals surface area contributed by atoms with E-state index in [-0.39, 0.29) is 11.7 Å². The Balaban J connectivity index is 2.03. The number of halogens is 1. The van der Waals surface area contributed by atoms with Crippen molar-refractivity contribution in [2.45, 2.75) is 20.4 Å². The Morgan fingerprint density at radius 1 is 1.37 bits per heavy atom. The number of aryl methyl sites for hydroxylation is 2. The summed E-state index contributed by atoms with van der Waals surface area (Å²) in [5.41, 5.74) is 1.70. The van der Waals surface area contributed by atoms with Gasteiger partial charge >= 0.3 is 0 Å². The van der Waals surface area contributed by atoms with E-state index >= 15 is 0 Å². The van der Waals surface area contributed by atoms with Gasteiger partial charge in [-0.1, -0.05) is 0 Å². The average molecular weight is 340 g/mol. The van der Waals surface area contributed by atoms with Gasteiger partial charge in [0.25, 0.3) is 5.91 Å². The SMILES string of the molecule is Cc1cc(CNC(=O)c2ccc(Br)c(O)c2)sc1C. The van der Waals surface area contributed by atoms with Crippen LogP contribution in [0.25, 0.3) is 0 Å². The smallest absolute Gasteiger partial charge is 0.251 e. The van der Waals surface area contributed by atoms with Crippen LogP contribution < -0.4 is 5.32 Å². The van der Waals surface area contributed by atoms with E-state index in [4.69, 9.17) is 0 Å². The third-order valence-electron chi connectivity index (χ3n) is 2.85. The third kappa shape index (κ3) is 3.36. The quantitative estimate of drug-likeness (QED) is 0.894. The van der Waals surface area contributed by atoms with Crippen LogP contribution in [0.15, 0.2) is 28.7 Å². The summed E-state index contributed by atoms with van der Waals surface area (Å²) in [4.78, 5) is 14.3. The molecule has 0 fully saturated rings. The van der Waals surface area contributed by atoms with Gasteiger partial charge in [0, 0.05) is 15.3 Å². The van der Waals surface area contributed by atoms with E-state index in [9.17, 15) is 9.90 Å². The van der Waals surface area contributed by atoms with Crippen LogP contribution in [-0.2, 0) is 6.54 Å². The molecule has 1 amide bonds. The second-order valence-corrected chi connectivity index (χ2v) is 6.50. The van der Waals surface area contributed by atoms with Crippen molar-refractivity contribution in [3.05, 3.63) is 49.6 Å². The minimum atomic E-state index is -0.188. The summed E-state index contributed by atoms with van der Waals surface area (Å²) in [6.45, 7) is 4.64. The first-order chi connectivity index (χ1) is 8.97. The maximum absolute atomic E-state index is 11.9. The predicted molar refractivity (Wildman–Crippen MR) is 80.8 cm³/mol. The molecule has 100 valence electrons. The number of carbonyl (C=O) groups is 1. The van der Waals surface area contributed by atoms with Crippen molar-refractivity contribution in [2.24, 2.45) is 0 Å². The van der Waals surface area contributed by atoms with Gasteiger partial charge in [-0.25, -0.2) is 0 Å². The third-order valence-corrected chi connectivity index (χ3v) is 4.67. The lowest BCUT2D eigenvalue weighted by molar-refractivity contribution is 0.0951. The second kappa shape index (κ2) is 5.75. The number of hydrogen-bond donors (Lipinski definition) is 2. The van der Waals surface area contributed by atoms with Crippen LogP contribution in [-0.4, -0.2) is 11.0 Å². The minimum absolute atomic E-state index is 0.0652. The van der Waals surface area contributed by atoms with Crippen LogP contribution in [0.1, 0.15) is 25.7 Å². The van der Waals surface area contributed by atoms with Crippen LogP contribution in [0.5, 0.6) is 5.75 Å². The van der Waals surface area contributed by atoms with Crippen molar-refractivity contribution in [1.29, 1.82) is 0 Å². The van der Waals surface area contributed by atoms with Gasteiger partial charge in [0.2, 0.25) is 0 Å². The van der Waals surface area contributed by atoms with Gasteiger partial charge in [0.1, 0.15) is 5.75 Å². The zero-order valence-corrected chi connectivity index (χ0v) is 13.1. The lowest BCUT2D eigenvalue weighted by atomic mass is 10.2. The van der Waals surface area contributed by atoms with E-state index in [0.717, 1.165) is 4.88 Å². The Kier molecular flexibility index (Phi) is 4.27. The number of phenols is 1. The molecule has 1 aromatic carbocycles. The summed E-state index contributed by atoms with van der Waals surface area (Å²) in [5, 5.41) is 12.4. The molecule has 2 rings (SSSR count). The number of benzene rings is 1. The molecular formula is C14H14BrNO2S. The number of amides is 1. The predicted octanol–water partition coefficient (Wildman–Crippen LogP) is 3.76. The second-order valence-electron chi connectivity index (χ2n) is 4.30. The standard InChI is InChI=1S/C14H14BrNO2S/c1-8-5-11(19-9(8)2)7-16-14(18)10-3-4-12(15)13(17)6-10/h3-6,17H,7H2,1-2H3,(H,16,18). The highest BCUT2D eigenvalue weighted by Crippen LogP contribution is 2.24. The first-order valence-electron chi connectivity index (χ1n) is 5.80. The molecule has 1 heterocycles. The maximum Gasteiger partial charge on any atom is 0.251 e. The Hall–Kier alpha value is -1.33. The van der Waals surface area contributed by atoms with Gasteiger partial charge < -0.3 is 10.4 Å². The number of rotatable bonds is 3. The minimum Gasteiger partial charge on any atom is -0.507 e. The number of hydrogen-bond acceptors (Lipinski definition) is 3. The molecule has 0 saturated carbocycles. The van der Waals surface area contributed by atoms with Gasteiger partial charge in [-0.05, 0) is 59.6 Å². The molecule has 5 heteroatoms. The molecule has 19 heavy (non-hydrogen) atoms. The Morgan fingerprint density at radius 2 is 2.11 bits per heavy atom. The van der Waals surface area contributed by atoms with Crippen molar-refractivity contribution in [1.82, 2.24) is 5.32 Å². The van der Waals surface area contributed by atoms with Crippen molar-refractivity contribution in [3.8, 4) is 5.75 Å². The normalized spacial score (nSPS) is 10.5. The van der Waals surface area contributed by atoms with Crippen molar-refractivity contribution < 1.29 is 9.90 Å². The number of thiophene rings is 1. The van der Waals surface area contributed by atoms with Crippen LogP contribution in [0.2, 0.25) is 0 Å². The molecular weight excluding hydrogens is 326 g/mol. The number of aromatic hydroxyl groups is 1. The van der Waals surface area contributed by atoms with E-state index in [1.165, 1.54) is 16.5 Å². The monoisotopic (exact) mass is 339 g/mol. The van der Waals surface area contributed by atoms with E-state index in [0.29, 0.717) is 16.6 Å². The van der Waals surface area contributed by atoms with Crippen molar-refractivity contribution in [2.75, 3.05) is 0 Å². The topological polar surface area (TPSA) is 49.3 Å². The van der Waals surface area contributed by atoms with Crippen LogP contribution in [0, 0.1) is 13.8 Å². The molecule has 1 aromatic heterocycles. The number of phenolic OH excluding ortho intramolecular Hbond substituents is 1. The highest BCUT2D eigenvalue weighted by molar-refractivity contribution is 9.10. The number of nitrogens with one attached hydrogen (secondary N) is 1. The molecule has 0 radical (unpaired) electrons. The van der Waals surface area contributed by atoms with Crippen LogP contribution in [0.3, 0.4) is 0 Å². The summed E-state index contributed by atoms with van der Waals surface area (Å²) in [7, 11) is 0. The fourth-order valence-corrected chi connectivity index (χ4v) is 2.90. The molecule has 0 aliphatic carbocycles. The van der Waals surface area contributed by atoms with Crippen LogP contribution >= 0.6 is 27.3 Å². The molecule has 0 saturated heterocycles. The molecule has 3 nitrogen and oxygen atoms in total. The van der Waals surface area contributed by atoms with Crippen LogP contribution in [0.4, 0.5) is 0 Å². The fourth-order valence-electron chi connectivity index (χ4n) is 1.66. The summed E-state index contributed by atoms with van der Waals surface area (Å²) < 4.78 is 0.577. The Labute approximate surface area is 124 Å². The summed E-state index contributed by atoms with van der Waals surface area (Å²) in [5.74, 6) is -0.123. The first kappa shape index (κ1) is 14.1. The van der Waals surface area contributed by atoms with Gasteiger partial charge in [-0.2, -0.15) is 0 Å². The molecule has 2 N–H and O–H groups in total. The lowest BCUT2D eigenvalue weighted by Gasteiger charge is -2.05. The Morgan fingerprint density at radius 3 is 2.68 bits per heavy atom. The average Bonchev–Trinajstić information content (AvgIpc) is 2.69. The largest absolute Gasteiger partial charge is 0.507 e. The molecule has 0 bridgehead atoms. The van der Waals surface area contributed by atoms with Gasteiger partial charge in [0.05, 0.1) is 11.0 Å². The van der Waals surface area contributed by atoms with E-state index in [1.54, 1.807) is 23.5 Å².